The van der Waals surface area contributed by atoms with Crippen molar-refractivity contribution >= 4 is 23.4 Å². The Morgan fingerprint density at radius 3 is 2.09 bits per heavy atom. The van der Waals surface area contributed by atoms with Gasteiger partial charge in [-0.2, -0.15) is 0 Å². The second-order valence-corrected chi connectivity index (χ2v) is 7.75. The zero-order valence-electron chi connectivity index (χ0n) is 18.9. The maximum atomic E-state index is 12.4. The lowest BCUT2D eigenvalue weighted by molar-refractivity contribution is -0.133. The predicted molar refractivity (Wildman–Crippen MR) is 126 cm³/mol. The first kappa shape index (κ1) is 26.0. The van der Waals surface area contributed by atoms with Gasteiger partial charge in [-0.25, -0.2) is 5.48 Å². The summed E-state index contributed by atoms with van der Waals surface area (Å²) in [7, 11) is 0. The lowest BCUT2D eigenvalue weighted by Crippen LogP contribution is -2.51. The zero-order valence-corrected chi connectivity index (χ0v) is 18.9. The van der Waals surface area contributed by atoms with Gasteiger partial charge in [0.1, 0.15) is 6.04 Å². The molecule has 9 heteroatoms. The third kappa shape index (κ3) is 8.30. The molecule has 0 aromatic heterocycles. The van der Waals surface area contributed by atoms with Gasteiger partial charge < -0.3 is 21.1 Å². The van der Waals surface area contributed by atoms with E-state index in [1.165, 1.54) is 12.4 Å². The quantitative estimate of drug-likeness (QED) is 0.164. The van der Waals surface area contributed by atoms with Gasteiger partial charge in [0.25, 0.3) is 11.8 Å². The molecule has 0 aliphatic heterocycles. The van der Waals surface area contributed by atoms with Crippen molar-refractivity contribution in [3.63, 3.8) is 0 Å². The molecule has 2 atom stereocenters. The van der Waals surface area contributed by atoms with Crippen molar-refractivity contribution in [2.45, 2.75) is 45.3 Å². The van der Waals surface area contributed by atoms with Crippen LogP contribution in [0.4, 0.5) is 5.69 Å². The Labute approximate surface area is 193 Å². The van der Waals surface area contributed by atoms with Crippen molar-refractivity contribution in [1.29, 1.82) is 0 Å². The van der Waals surface area contributed by atoms with Crippen LogP contribution in [0.15, 0.2) is 48.5 Å². The van der Waals surface area contributed by atoms with Gasteiger partial charge in [0.05, 0.1) is 12.6 Å². The summed E-state index contributed by atoms with van der Waals surface area (Å²) in [5.41, 5.74) is 4.18. The van der Waals surface area contributed by atoms with Crippen molar-refractivity contribution in [3.05, 3.63) is 54.1 Å². The molecular weight excluding hydrogens is 424 g/mol. The molecule has 0 bridgehead atoms. The lowest BCUT2D eigenvalue weighted by Gasteiger charge is -2.19. The van der Waals surface area contributed by atoms with Crippen LogP contribution in [-0.4, -0.2) is 53.3 Å². The van der Waals surface area contributed by atoms with Gasteiger partial charge in [-0.15, -0.1) is 0 Å². The molecule has 0 radical (unpaired) electrons. The van der Waals surface area contributed by atoms with Gasteiger partial charge in [-0.3, -0.25) is 19.6 Å². The number of anilines is 1. The summed E-state index contributed by atoms with van der Waals surface area (Å²) >= 11 is 0. The number of rotatable bonds is 12. The number of aliphatic hydroxyl groups excluding tert-OH is 1. The summed E-state index contributed by atoms with van der Waals surface area (Å²) in [6, 6.07) is 12.8. The third-order valence-electron chi connectivity index (χ3n) is 5.05. The van der Waals surface area contributed by atoms with E-state index < -0.39 is 24.0 Å². The first-order chi connectivity index (χ1) is 15.8. The van der Waals surface area contributed by atoms with Crippen LogP contribution in [0, 0.1) is 0 Å². The fraction of sp³-hybridized carbons (Fsp3) is 0.375. The number of nitrogens with one attached hydrogen (secondary N) is 4. The van der Waals surface area contributed by atoms with Gasteiger partial charge in [-0.05, 0) is 55.3 Å². The van der Waals surface area contributed by atoms with E-state index in [-0.39, 0.29) is 12.5 Å². The number of aliphatic hydroxyl groups is 1. The van der Waals surface area contributed by atoms with Gasteiger partial charge >= 0.3 is 0 Å². The first-order valence-electron chi connectivity index (χ1n) is 11.0. The molecule has 2 aromatic rings. The Morgan fingerprint density at radius 1 is 0.939 bits per heavy atom. The number of carbonyl (C=O) groups excluding carboxylic acids is 3. The number of unbranched alkanes of at least 4 members (excludes halogenated alkanes) is 2. The van der Waals surface area contributed by atoms with Crippen LogP contribution in [0.1, 0.15) is 43.5 Å². The summed E-state index contributed by atoms with van der Waals surface area (Å²) in [6.45, 7) is 4.56. The summed E-state index contributed by atoms with van der Waals surface area (Å²) in [6.07, 6.45) is 2.16. The third-order valence-corrected chi connectivity index (χ3v) is 5.05. The van der Waals surface area contributed by atoms with Crippen molar-refractivity contribution in [3.8, 4) is 11.1 Å². The van der Waals surface area contributed by atoms with Crippen LogP contribution in [0.25, 0.3) is 11.1 Å². The Bertz CT molecular complexity index is 913. The summed E-state index contributed by atoms with van der Waals surface area (Å²) in [5.74, 6) is -1.56. The SMILES string of the molecule is CCCCCNCC(=O)Nc1ccc(-c2ccc(C(=O)N[C@H](C(=O)NO)[C@@H](C)O)cc2)cc1. The molecule has 0 saturated carbocycles. The molecule has 33 heavy (non-hydrogen) atoms. The van der Waals surface area contributed by atoms with E-state index in [1.807, 2.05) is 24.3 Å². The maximum absolute atomic E-state index is 12.4. The van der Waals surface area contributed by atoms with E-state index in [0.29, 0.717) is 11.3 Å². The topological polar surface area (TPSA) is 140 Å². The maximum Gasteiger partial charge on any atom is 0.268 e. The second kappa shape index (κ2) is 13.3. The van der Waals surface area contributed by atoms with Crippen LogP contribution in [0.5, 0.6) is 0 Å². The molecule has 9 nitrogen and oxygen atoms in total. The predicted octanol–water partition coefficient (Wildman–Crippen LogP) is 2.06. The Morgan fingerprint density at radius 2 is 1.55 bits per heavy atom. The average Bonchev–Trinajstić information content (AvgIpc) is 2.82. The van der Waals surface area contributed by atoms with Gasteiger partial charge in [0, 0.05) is 11.3 Å². The van der Waals surface area contributed by atoms with Crippen molar-refractivity contribution in [2.75, 3.05) is 18.4 Å². The molecule has 0 aliphatic rings. The van der Waals surface area contributed by atoms with Crippen LogP contribution >= 0.6 is 0 Å². The largest absolute Gasteiger partial charge is 0.391 e. The molecule has 6 N–H and O–H groups in total. The fourth-order valence-electron chi connectivity index (χ4n) is 3.17. The average molecular weight is 457 g/mol. The highest BCUT2D eigenvalue weighted by molar-refractivity contribution is 5.98. The second-order valence-electron chi connectivity index (χ2n) is 7.75. The van der Waals surface area contributed by atoms with E-state index in [0.717, 1.165) is 36.9 Å². The van der Waals surface area contributed by atoms with E-state index in [9.17, 15) is 19.5 Å². The molecule has 0 fully saturated rings. The summed E-state index contributed by atoms with van der Waals surface area (Å²) in [5, 5.41) is 26.7. The number of hydrogen-bond acceptors (Lipinski definition) is 6. The Hall–Kier alpha value is -3.27. The van der Waals surface area contributed by atoms with Crippen molar-refractivity contribution < 1.29 is 24.7 Å². The standard InChI is InChI=1S/C24H32N4O5/c1-3-4-5-14-25-15-21(30)26-20-12-10-18(11-13-20)17-6-8-19(9-7-17)23(31)27-22(16(2)29)24(32)28-33/h6-13,16,22,25,29,33H,3-5,14-15H2,1-2H3,(H,26,30)(H,27,31)(H,28,32)/t16-,22+/m1/s1. The molecular formula is C24H32N4O5. The zero-order chi connectivity index (χ0) is 24.2. The summed E-state index contributed by atoms with van der Waals surface area (Å²) < 4.78 is 0. The molecule has 2 aromatic carbocycles. The molecule has 0 heterocycles. The number of amides is 3. The highest BCUT2D eigenvalue weighted by Crippen LogP contribution is 2.22. The highest BCUT2D eigenvalue weighted by Gasteiger charge is 2.25. The molecule has 3 amide bonds. The first-order valence-corrected chi connectivity index (χ1v) is 11.0. The minimum atomic E-state index is -1.28. The van der Waals surface area contributed by atoms with Crippen LogP contribution in [0.3, 0.4) is 0 Å². The molecule has 178 valence electrons. The van der Waals surface area contributed by atoms with Crippen molar-refractivity contribution in [2.24, 2.45) is 0 Å². The highest BCUT2D eigenvalue weighted by atomic mass is 16.5. The minimum absolute atomic E-state index is 0.0972. The van der Waals surface area contributed by atoms with Crippen LogP contribution in [-0.2, 0) is 9.59 Å². The number of hydrogen-bond donors (Lipinski definition) is 6. The molecule has 0 unspecified atom stereocenters. The van der Waals surface area contributed by atoms with Gasteiger partial charge in [0.15, 0.2) is 0 Å². The smallest absolute Gasteiger partial charge is 0.268 e. The van der Waals surface area contributed by atoms with E-state index in [4.69, 9.17) is 5.21 Å². The van der Waals surface area contributed by atoms with Crippen LogP contribution < -0.4 is 21.4 Å². The van der Waals surface area contributed by atoms with Crippen molar-refractivity contribution in [1.82, 2.24) is 16.1 Å². The van der Waals surface area contributed by atoms with E-state index >= 15 is 0 Å². The Balaban J connectivity index is 1.93. The lowest BCUT2D eigenvalue weighted by atomic mass is 10.0. The van der Waals surface area contributed by atoms with E-state index in [2.05, 4.69) is 22.9 Å². The number of benzene rings is 2. The molecule has 2 rings (SSSR count). The minimum Gasteiger partial charge on any atom is -0.391 e. The monoisotopic (exact) mass is 456 g/mol. The van der Waals surface area contributed by atoms with Gasteiger partial charge in [-0.1, -0.05) is 44.0 Å². The van der Waals surface area contributed by atoms with Crippen LogP contribution in [0.2, 0.25) is 0 Å². The molecule has 0 spiro atoms. The Kier molecular flexibility index (Phi) is 10.5. The normalized spacial score (nSPS) is 12.5. The fourth-order valence-corrected chi connectivity index (χ4v) is 3.17. The van der Waals surface area contributed by atoms with E-state index in [1.54, 1.807) is 24.3 Å². The van der Waals surface area contributed by atoms with Gasteiger partial charge in [0.2, 0.25) is 5.91 Å². The summed E-state index contributed by atoms with van der Waals surface area (Å²) in [4.78, 5) is 36.0. The molecule has 0 aliphatic carbocycles. The number of hydroxylamine groups is 1. The molecule has 0 saturated heterocycles. The number of carbonyl (C=O) groups is 3.